The first-order valence-corrected chi connectivity index (χ1v) is 12.4. The fourth-order valence-corrected chi connectivity index (χ4v) is 5.04. The number of anilines is 2. The van der Waals surface area contributed by atoms with Crippen LogP contribution >= 0.6 is 11.6 Å². The molecule has 35 heavy (non-hydrogen) atoms. The van der Waals surface area contributed by atoms with Crippen LogP contribution in [0.2, 0.25) is 5.02 Å². The summed E-state index contributed by atoms with van der Waals surface area (Å²) in [4.78, 5) is 29.6. The smallest absolute Gasteiger partial charge is 0.253 e. The molecule has 2 saturated heterocycles. The summed E-state index contributed by atoms with van der Waals surface area (Å²) in [7, 11) is 0. The largest absolute Gasteiger partial charge is 0.354 e. The zero-order valence-corrected chi connectivity index (χ0v) is 20.2. The lowest BCUT2D eigenvalue weighted by Crippen LogP contribution is -2.37. The standard InChI is InChI=1S/C27H28ClN5O2/c28-23-7-3-21(4-8-23)27(35)32-15-11-20(12-16-32)19-5-9-24(10-6-19)30-26(34)22-13-17-33(18-22)25-2-1-14-29-31-25/h1-10,14,20,22H,11-13,15-18H2,(H,30,34)/t22-/m0/s1. The molecule has 5 rings (SSSR count). The maximum absolute atomic E-state index is 12.8. The summed E-state index contributed by atoms with van der Waals surface area (Å²) < 4.78 is 0. The molecule has 2 aliphatic rings. The van der Waals surface area contributed by atoms with E-state index < -0.39 is 0 Å². The van der Waals surface area contributed by atoms with Crippen molar-refractivity contribution in [2.45, 2.75) is 25.2 Å². The summed E-state index contributed by atoms with van der Waals surface area (Å²) in [6.45, 7) is 2.91. The van der Waals surface area contributed by atoms with Crippen molar-refractivity contribution in [3.63, 3.8) is 0 Å². The second-order valence-corrected chi connectivity index (χ2v) is 9.63. The Labute approximate surface area is 210 Å². The van der Waals surface area contributed by atoms with Gasteiger partial charge in [-0.15, -0.1) is 5.10 Å². The number of nitrogens with zero attached hydrogens (tertiary/aromatic N) is 4. The van der Waals surface area contributed by atoms with Crippen LogP contribution in [-0.4, -0.2) is 53.1 Å². The second kappa shape index (κ2) is 10.4. The van der Waals surface area contributed by atoms with Crippen molar-refractivity contribution in [1.29, 1.82) is 0 Å². The van der Waals surface area contributed by atoms with Crippen molar-refractivity contribution >= 4 is 34.9 Å². The van der Waals surface area contributed by atoms with E-state index in [0.717, 1.165) is 50.4 Å². The van der Waals surface area contributed by atoms with Gasteiger partial charge < -0.3 is 15.1 Å². The van der Waals surface area contributed by atoms with Crippen LogP contribution < -0.4 is 10.2 Å². The lowest BCUT2D eigenvalue weighted by atomic mass is 9.89. The number of amides is 2. The van der Waals surface area contributed by atoms with Gasteiger partial charge in [0, 0.05) is 48.6 Å². The molecule has 3 heterocycles. The highest BCUT2D eigenvalue weighted by Gasteiger charge is 2.29. The third kappa shape index (κ3) is 5.46. The Morgan fingerprint density at radius 2 is 1.66 bits per heavy atom. The van der Waals surface area contributed by atoms with Gasteiger partial charge in [-0.2, -0.15) is 5.10 Å². The molecule has 2 aromatic carbocycles. The highest BCUT2D eigenvalue weighted by Crippen LogP contribution is 2.30. The van der Waals surface area contributed by atoms with Crippen molar-refractivity contribution in [3.8, 4) is 0 Å². The zero-order chi connectivity index (χ0) is 24.2. The molecule has 0 aliphatic carbocycles. The minimum Gasteiger partial charge on any atom is -0.354 e. The van der Waals surface area contributed by atoms with Gasteiger partial charge in [0.2, 0.25) is 5.91 Å². The van der Waals surface area contributed by atoms with E-state index in [1.807, 2.05) is 29.2 Å². The molecule has 0 radical (unpaired) electrons. The predicted molar refractivity (Wildman–Crippen MR) is 137 cm³/mol. The summed E-state index contributed by atoms with van der Waals surface area (Å²) in [6.07, 6.45) is 4.29. The van der Waals surface area contributed by atoms with Crippen molar-refractivity contribution in [2.75, 3.05) is 36.4 Å². The van der Waals surface area contributed by atoms with Gasteiger partial charge in [-0.05, 0) is 79.3 Å². The minimum absolute atomic E-state index is 0.0400. The summed E-state index contributed by atoms with van der Waals surface area (Å²) in [5.41, 5.74) is 2.73. The number of hydrogen-bond donors (Lipinski definition) is 1. The van der Waals surface area contributed by atoms with E-state index in [1.165, 1.54) is 5.56 Å². The van der Waals surface area contributed by atoms with E-state index >= 15 is 0 Å². The molecule has 1 atom stereocenters. The van der Waals surface area contributed by atoms with Crippen molar-refractivity contribution in [1.82, 2.24) is 15.1 Å². The van der Waals surface area contributed by atoms with Gasteiger partial charge in [0.1, 0.15) is 0 Å². The highest BCUT2D eigenvalue weighted by molar-refractivity contribution is 6.30. The first-order valence-electron chi connectivity index (χ1n) is 12.0. The SMILES string of the molecule is O=C(Nc1ccc(C2CCN(C(=O)c3ccc(Cl)cc3)CC2)cc1)[C@H]1CCN(c2cccnn2)C1. The van der Waals surface area contributed by atoms with Gasteiger partial charge >= 0.3 is 0 Å². The van der Waals surface area contributed by atoms with E-state index in [0.29, 0.717) is 23.0 Å². The molecule has 0 saturated carbocycles. The monoisotopic (exact) mass is 489 g/mol. The Hall–Kier alpha value is -3.45. The van der Waals surface area contributed by atoms with E-state index in [4.69, 9.17) is 11.6 Å². The number of aromatic nitrogens is 2. The molecule has 0 bridgehead atoms. The number of halogens is 1. The topological polar surface area (TPSA) is 78.4 Å². The first kappa shape index (κ1) is 23.3. The molecular weight excluding hydrogens is 462 g/mol. The Balaban J connectivity index is 1.12. The summed E-state index contributed by atoms with van der Waals surface area (Å²) >= 11 is 5.94. The van der Waals surface area contributed by atoms with Crippen molar-refractivity contribution < 1.29 is 9.59 Å². The third-order valence-electron chi connectivity index (χ3n) is 6.96. The Morgan fingerprint density at radius 1 is 0.914 bits per heavy atom. The van der Waals surface area contributed by atoms with Crippen LogP contribution in [0.1, 0.15) is 41.1 Å². The molecule has 7 nitrogen and oxygen atoms in total. The Bertz CT molecular complexity index is 1160. The van der Waals surface area contributed by atoms with Gasteiger partial charge in [-0.25, -0.2) is 0 Å². The first-order chi connectivity index (χ1) is 17.1. The zero-order valence-electron chi connectivity index (χ0n) is 19.4. The quantitative estimate of drug-likeness (QED) is 0.566. The minimum atomic E-state index is -0.0702. The van der Waals surface area contributed by atoms with E-state index in [-0.39, 0.29) is 17.7 Å². The third-order valence-corrected chi connectivity index (χ3v) is 7.22. The number of likely N-dealkylation sites (tertiary alicyclic amines) is 1. The number of rotatable bonds is 5. The highest BCUT2D eigenvalue weighted by atomic mass is 35.5. The van der Waals surface area contributed by atoms with Gasteiger partial charge in [0.25, 0.3) is 5.91 Å². The second-order valence-electron chi connectivity index (χ2n) is 9.20. The van der Waals surface area contributed by atoms with Crippen molar-refractivity contribution in [2.24, 2.45) is 5.92 Å². The molecule has 1 aromatic heterocycles. The maximum Gasteiger partial charge on any atom is 0.253 e. The molecule has 1 N–H and O–H groups in total. The molecule has 2 fully saturated rings. The molecule has 8 heteroatoms. The van der Waals surface area contributed by atoms with E-state index in [9.17, 15) is 9.59 Å². The normalized spacial score (nSPS) is 18.5. The fraction of sp³-hybridized carbons (Fsp3) is 0.333. The molecule has 2 aliphatic heterocycles. The van der Waals surface area contributed by atoms with Gasteiger partial charge in [0.15, 0.2) is 5.82 Å². The molecule has 2 amide bonds. The lowest BCUT2D eigenvalue weighted by Gasteiger charge is -2.32. The number of carbonyl (C=O) groups excluding carboxylic acids is 2. The van der Waals surface area contributed by atoms with Gasteiger partial charge in [0.05, 0.1) is 5.92 Å². The molecular formula is C27H28ClN5O2. The van der Waals surface area contributed by atoms with Crippen LogP contribution in [0.15, 0.2) is 66.9 Å². The Kier molecular flexibility index (Phi) is 6.95. The number of hydrogen-bond acceptors (Lipinski definition) is 5. The lowest BCUT2D eigenvalue weighted by molar-refractivity contribution is -0.119. The van der Waals surface area contributed by atoms with Crippen molar-refractivity contribution in [3.05, 3.63) is 83.0 Å². The average molecular weight is 490 g/mol. The average Bonchev–Trinajstić information content (AvgIpc) is 3.41. The molecule has 0 spiro atoms. The molecule has 0 unspecified atom stereocenters. The number of nitrogens with one attached hydrogen (secondary N) is 1. The van der Waals surface area contributed by atoms with Crippen LogP contribution in [-0.2, 0) is 4.79 Å². The summed E-state index contributed by atoms with van der Waals surface area (Å²) in [5.74, 6) is 1.25. The van der Waals surface area contributed by atoms with Crippen LogP contribution in [0.4, 0.5) is 11.5 Å². The number of benzene rings is 2. The number of carbonyl (C=O) groups is 2. The number of piperidine rings is 1. The molecule has 3 aromatic rings. The predicted octanol–water partition coefficient (Wildman–Crippen LogP) is 4.61. The van der Waals surface area contributed by atoms with Gasteiger partial charge in [-0.1, -0.05) is 23.7 Å². The van der Waals surface area contributed by atoms with Crippen LogP contribution in [0.25, 0.3) is 0 Å². The van der Waals surface area contributed by atoms with Gasteiger partial charge in [-0.3, -0.25) is 9.59 Å². The van der Waals surface area contributed by atoms with Crippen LogP contribution in [0.5, 0.6) is 0 Å². The fourth-order valence-electron chi connectivity index (χ4n) is 4.92. The van der Waals surface area contributed by atoms with Crippen LogP contribution in [0, 0.1) is 5.92 Å². The summed E-state index contributed by atoms with van der Waals surface area (Å²) in [6, 6.07) is 19.0. The van der Waals surface area contributed by atoms with E-state index in [2.05, 4.69) is 32.5 Å². The summed E-state index contributed by atoms with van der Waals surface area (Å²) in [5, 5.41) is 11.8. The molecule has 180 valence electrons. The van der Waals surface area contributed by atoms with Crippen LogP contribution in [0.3, 0.4) is 0 Å². The Morgan fingerprint density at radius 3 is 2.34 bits per heavy atom. The maximum atomic E-state index is 12.8. The van der Waals surface area contributed by atoms with E-state index in [1.54, 1.807) is 30.5 Å².